The van der Waals surface area contributed by atoms with Crippen LogP contribution in [-0.2, 0) is 0 Å². The van der Waals surface area contributed by atoms with Gasteiger partial charge in [0.2, 0.25) is 0 Å². The van der Waals surface area contributed by atoms with Crippen molar-refractivity contribution in [2.24, 2.45) is 0 Å². The van der Waals surface area contributed by atoms with E-state index in [2.05, 4.69) is 22.4 Å². The van der Waals surface area contributed by atoms with Crippen molar-refractivity contribution in [1.29, 1.82) is 0 Å². The maximum absolute atomic E-state index is 6.05. The van der Waals surface area contributed by atoms with E-state index >= 15 is 0 Å². The smallest absolute Gasteiger partial charge is 0.159 e. The first-order valence-corrected chi connectivity index (χ1v) is 6.25. The lowest BCUT2D eigenvalue weighted by Crippen LogP contribution is -2.42. The van der Waals surface area contributed by atoms with E-state index in [4.69, 9.17) is 11.6 Å². The van der Waals surface area contributed by atoms with Crippen molar-refractivity contribution < 1.29 is 0 Å². The largest absolute Gasteiger partial charge is 0.363 e. The van der Waals surface area contributed by atoms with Crippen LogP contribution in [0.5, 0.6) is 0 Å². The van der Waals surface area contributed by atoms with E-state index in [9.17, 15) is 0 Å². The van der Waals surface area contributed by atoms with E-state index in [1.165, 1.54) is 19.3 Å². The number of nitrogens with one attached hydrogen (secondary N) is 1. The van der Waals surface area contributed by atoms with Crippen LogP contribution in [0.25, 0.3) is 10.8 Å². The van der Waals surface area contributed by atoms with Crippen molar-refractivity contribution in [2.75, 3.05) is 5.32 Å². The zero-order valence-electron chi connectivity index (χ0n) is 9.70. The van der Waals surface area contributed by atoms with Crippen molar-refractivity contribution in [1.82, 2.24) is 10.2 Å². The molecule has 4 heteroatoms. The number of aromatic nitrogens is 2. The lowest BCUT2D eigenvalue weighted by atomic mass is 9.78. The van der Waals surface area contributed by atoms with Crippen LogP contribution in [0.1, 0.15) is 26.2 Å². The number of anilines is 1. The zero-order valence-corrected chi connectivity index (χ0v) is 10.5. The van der Waals surface area contributed by atoms with Gasteiger partial charge in [-0.2, -0.15) is 0 Å². The number of nitrogens with zero attached hydrogens (tertiary/aromatic N) is 2. The minimum atomic E-state index is 0.172. The fraction of sp³-hybridized carbons (Fsp3) is 0.385. The van der Waals surface area contributed by atoms with Crippen LogP contribution in [0.2, 0.25) is 5.15 Å². The highest BCUT2D eigenvalue weighted by molar-refractivity contribution is 6.34. The van der Waals surface area contributed by atoms with Gasteiger partial charge in [0.1, 0.15) is 0 Å². The second kappa shape index (κ2) is 3.84. The predicted octanol–water partition coefficient (Wildman–Crippen LogP) is 3.64. The number of halogens is 1. The third-order valence-electron chi connectivity index (χ3n) is 3.52. The molecule has 0 amide bonds. The van der Waals surface area contributed by atoms with Crippen LogP contribution >= 0.6 is 11.6 Å². The number of hydrogen-bond donors (Lipinski definition) is 1. The van der Waals surface area contributed by atoms with E-state index in [0.29, 0.717) is 5.15 Å². The second-order valence-electron chi connectivity index (χ2n) is 4.92. The molecule has 1 aliphatic rings. The molecule has 0 aliphatic heterocycles. The molecule has 0 radical (unpaired) electrons. The van der Waals surface area contributed by atoms with Gasteiger partial charge in [-0.05, 0) is 26.2 Å². The summed E-state index contributed by atoms with van der Waals surface area (Å²) in [5.74, 6) is 0.840. The average molecular weight is 248 g/mol. The molecule has 1 fully saturated rings. The molecule has 0 spiro atoms. The van der Waals surface area contributed by atoms with E-state index in [1.807, 2.05) is 24.3 Å². The van der Waals surface area contributed by atoms with Crippen LogP contribution < -0.4 is 5.32 Å². The molecule has 1 aromatic heterocycles. The quantitative estimate of drug-likeness (QED) is 0.881. The molecule has 3 rings (SSSR count). The molecule has 17 heavy (non-hydrogen) atoms. The molecular formula is C13H14ClN3. The number of hydrogen-bond acceptors (Lipinski definition) is 3. The molecule has 0 unspecified atom stereocenters. The van der Waals surface area contributed by atoms with E-state index in [0.717, 1.165) is 16.6 Å². The lowest BCUT2D eigenvalue weighted by molar-refractivity contribution is 0.306. The van der Waals surface area contributed by atoms with Gasteiger partial charge in [-0.25, -0.2) is 0 Å². The Hall–Kier alpha value is -1.35. The van der Waals surface area contributed by atoms with Crippen LogP contribution in [0, 0.1) is 0 Å². The Morgan fingerprint density at radius 1 is 1.18 bits per heavy atom. The molecule has 0 bridgehead atoms. The summed E-state index contributed by atoms with van der Waals surface area (Å²) in [7, 11) is 0. The standard InChI is InChI=1S/C13H14ClN3/c1-13(7-4-8-13)15-12-10-6-3-2-5-9(10)11(14)16-17-12/h2-3,5-6H,4,7-8H2,1H3,(H,15,17). The summed E-state index contributed by atoms with van der Waals surface area (Å²) >= 11 is 6.05. The molecule has 88 valence electrons. The van der Waals surface area contributed by atoms with Gasteiger partial charge in [0.05, 0.1) is 0 Å². The normalized spacial score (nSPS) is 17.8. The highest BCUT2D eigenvalue weighted by atomic mass is 35.5. The van der Waals surface area contributed by atoms with E-state index in [1.54, 1.807) is 0 Å². The Kier molecular flexibility index (Phi) is 2.44. The van der Waals surface area contributed by atoms with Crippen LogP contribution in [0.3, 0.4) is 0 Å². The number of rotatable bonds is 2. The van der Waals surface area contributed by atoms with Crippen molar-refractivity contribution in [3.05, 3.63) is 29.4 Å². The molecule has 1 heterocycles. The third kappa shape index (κ3) is 1.84. The predicted molar refractivity (Wildman–Crippen MR) is 70.4 cm³/mol. The SMILES string of the molecule is CC1(Nc2nnc(Cl)c3ccccc23)CCC1. The maximum Gasteiger partial charge on any atom is 0.159 e. The summed E-state index contributed by atoms with van der Waals surface area (Å²) < 4.78 is 0. The van der Waals surface area contributed by atoms with Gasteiger partial charge in [-0.15, -0.1) is 10.2 Å². The maximum atomic E-state index is 6.05. The fourth-order valence-electron chi connectivity index (χ4n) is 2.28. The first-order chi connectivity index (χ1) is 8.18. The Bertz CT molecular complexity index is 564. The monoisotopic (exact) mass is 247 g/mol. The minimum absolute atomic E-state index is 0.172. The van der Waals surface area contributed by atoms with Crippen molar-refractivity contribution in [3.63, 3.8) is 0 Å². The highest BCUT2D eigenvalue weighted by Crippen LogP contribution is 2.36. The second-order valence-corrected chi connectivity index (χ2v) is 5.28. The summed E-state index contributed by atoms with van der Waals surface area (Å²) in [4.78, 5) is 0. The average Bonchev–Trinajstić information content (AvgIpc) is 2.31. The Morgan fingerprint density at radius 2 is 1.88 bits per heavy atom. The molecule has 1 N–H and O–H groups in total. The molecule has 3 nitrogen and oxygen atoms in total. The molecule has 1 aromatic carbocycles. The Balaban J connectivity index is 2.07. The summed E-state index contributed by atoms with van der Waals surface area (Å²) in [6.45, 7) is 2.22. The fourth-order valence-corrected chi connectivity index (χ4v) is 2.48. The third-order valence-corrected chi connectivity index (χ3v) is 3.80. The Morgan fingerprint density at radius 3 is 2.53 bits per heavy atom. The van der Waals surface area contributed by atoms with Crippen molar-refractivity contribution in [2.45, 2.75) is 31.7 Å². The molecule has 0 atom stereocenters. The highest BCUT2D eigenvalue weighted by Gasteiger charge is 2.32. The molecular weight excluding hydrogens is 234 g/mol. The minimum Gasteiger partial charge on any atom is -0.363 e. The molecule has 0 saturated heterocycles. The number of benzene rings is 1. The number of fused-ring (bicyclic) bond motifs is 1. The molecule has 1 aliphatic carbocycles. The summed E-state index contributed by atoms with van der Waals surface area (Å²) in [6.07, 6.45) is 3.65. The van der Waals surface area contributed by atoms with Gasteiger partial charge in [-0.3, -0.25) is 0 Å². The summed E-state index contributed by atoms with van der Waals surface area (Å²) in [6, 6.07) is 7.96. The van der Waals surface area contributed by atoms with Gasteiger partial charge in [0, 0.05) is 16.3 Å². The van der Waals surface area contributed by atoms with Gasteiger partial charge in [-0.1, -0.05) is 35.9 Å². The van der Waals surface area contributed by atoms with Gasteiger partial charge in [0.15, 0.2) is 11.0 Å². The molecule has 2 aromatic rings. The van der Waals surface area contributed by atoms with Crippen LogP contribution in [0.4, 0.5) is 5.82 Å². The van der Waals surface area contributed by atoms with Gasteiger partial charge in [0.25, 0.3) is 0 Å². The Labute approximate surface area is 105 Å². The van der Waals surface area contributed by atoms with Crippen molar-refractivity contribution in [3.8, 4) is 0 Å². The topological polar surface area (TPSA) is 37.8 Å². The summed E-state index contributed by atoms with van der Waals surface area (Å²) in [5.41, 5.74) is 0.172. The van der Waals surface area contributed by atoms with Crippen LogP contribution in [-0.4, -0.2) is 15.7 Å². The zero-order chi connectivity index (χ0) is 11.9. The van der Waals surface area contributed by atoms with E-state index in [-0.39, 0.29) is 5.54 Å². The van der Waals surface area contributed by atoms with Gasteiger partial charge < -0.3 is 5.32 Å². The first-order valence-electron chi connectivity index (χ1n) is 5.87. The van der Waals surface area contributed by atoms with Crippen LogP contribution in [0.15, 0.2) is 24.3 Å². The summed E-state index contributed by atoms with van der Waals surface area (Å²) in [5, 5.41) is 14.1. The first kappa shape index (κ1) is 10.8. The van der Waals surface area contributed by atoms with E-state index < -0.39 is 0 Å². The molecule has 1 saturated carbocycles. The van der Waals surface area contributed by atoms with Crippen molar-refractivity contribution >= 4 is 28.2 Å². The van der Waals surface area contributed by atoms with Gasteiger partial charge >= 0.3 is 0 Å². The lowest BCUT2D eigenvalue weighted by Gasteiger charge is -2.39.